The average molecular weight is 470 g/mol. The van der Waals surface area contributed by atoms with E-state index in [1.807, 2.05) is 36.4 Å². The van der Waals surface area contributed by atoms with Crippen molar-refractivity contribution in [1.29, 1.82) is 0 Å². The molecule has 0 spiro atoms. The Morgan fingerprint density at radius 1 is 0.829 bits per heavy atom. The molecule has 2 aliphatic heterocycles. The number of methoxy groups -OCH3 is 1. The summed E-state index contributed by atoms with van der Waals surface area (Å²) in [5.74, 6) is 0.777. The number of hydrogen-bond donors (Lipinski definition) is 0. The molecule has 2 heterocycles. The molecule has 1 unspecified atom stereocenters. The lowest BCUT2D eigenvalue weighted by Gasteiger charge is -2.37. The second-order valence-corrected chi connectivity index (χ2v) is 9.34. The summed E-state index contributed by atoms with van der Waals surface area (Å²) < 4.78 is 5.21. The van der Waals surface area contributed by atoms with Crippen molar-refractivity contribution in [2.45, 2.75) is 19.4 Å². The first-order valence-corrected chi connectivity index (χ1v) is 12.2. The van der Waals surface area contributed by atoms with Crippen LogP contribution in [-0.4, -0.2) is 61.4 Å². The van der Waals surface area contributed by atoms with Gasteiger partial charge in [0.25, 0.3) is 11.8 Å². The van der Waals surface area contributed by atoms with Crippen LogP contribution in [0.25, 0.3) is 0 Å². The number of imide groups is 1. The number of piperazine rings is 1. The Morgan fingerprint density at radius 2 is 1.54 bits per heavy atom. The summed E-state index contributed by atoms with van der Waals surface area (Å²) in [6.45, 7) is 7.05. The minimum atomic E-state index is -0.224. The van der Waals surface area contributed by atoms with E-state index in [-0.39, 0.29) is 18.4 Å². The van der Waals surface area contributed by atoms with Crippen molar-refractivity contribution in [2.24, 2.45) is 0 Å². The number of carbonyl (C=O) groups is 2. The highest BCUT2D eigenvalue weighted by molar-refractivity contribution is 6.23. The van der Waals surface area contributed by atoms with Crippen LogP contribution in [0.15, 0.2) is 72.8 Å². The van der Waals surface area contributed by atoms with Gasteiger partial charge in [0.15, 0.2) is 0 Å². The molecule has 3 aromatic rings. The first-order valence-electron chi connectivity index (χ1n) is 12.2. The summed E-state index contributed by atoms with van der Waals surface area (Å²) in [7, 11) is 1.62. The summed E-state index contributed by atoms with van der Waals surface area (Å²) in [6, 6.07) is 23.7. The second-order valence-electron chi connectivity index (χ2n) is 9.34. The molecule has 0 aliphatic carbocycles. The minimum absolute atomic E-state index is 0.212. The Hall–Kier alpha value is -3.64. The normalized spacial score (nSPS) is 17.0. The first kappa shape index (κ1) is 23.1. The van der Waals surface area contributed by atoms with Crippen molar-refractivity contribution in [1.82, 2.24) is 9.80 Å². The number of carbonyl (C=O) groups excluding carboxylic acids is 2. The first-order chi connectivity index (χ1) is 17.0. The molecule has 0 bridgehead atoms. The van der Waals surface area contributed by atoms with Crippen LogP contribution in [0.2, 0.25) is 0 Å². The monoisotopic (exact) mass is 469 g/mol. The lowest BCUT2D eigenvalue weighted by atomic mass is 10.0. The summed E-state index contributed by atoms with van der Waals surface area (Å²) in [6.07, 6.45) is 0. The van der Waals surface area contributed by atoms with E-state index in [4.69, 9.17) is 4.74 Å². The van der Waals surface area contributed by atoms with E-state index in [1.165, 1.54) is 10.5 Å². The summed E-state index contributed by atoms with van der Waals surface area (Å²) in [4.78, 5) is 32.6. The van der Waals surface area contributed by atoms with Crippen molar-refractivity contribution in [3.05, 3.63) is 95.1 Å². The number of hydrogen-bond acceptors (Lipinski definition) is 5. The molecular formula is C29H31N3O3. The zero-order valence-electron chi connectivity index (χ0n) is 20.3. The van der Waals surface area contributed by atoms with Crippen molar-refractivity contribution in [3.63, 3.8) is 0 Å². The van der Waals surface area contributed by atoms with Gasteiger partial charge in [-0.25, -0.2) is 0 Å². The van der Waals surface area contributed by atoms with Crippen LogP contribution in [0.5, 0.6) is 5.75 Å². The van der Waals surface area contributed by atoms with Gasteiger partial charge in [-0.2, -0.15) is 0 Å². The van der Waals surface area contributed by atoms with Crippen molar-refractivity contribution >= 4 is 17.5 Å². The maximum absolute atomic E-state index is 13.4. The van der Waals surface area contributed by atoms with Gasteiger partial charge in [0, 0.05) is 32.7 Å². The molecule has 2 aliphatic rings. The zero-order valence-corrected chi connectivity index (χ0v) is 20.3. The summed E-state index contributed by atoms with van der Waals surface area (Å²) >= 11 is 0. The van der Waals surface area contributed by atoms with Gasteiger partial charge >= 0.3 is 0 Å². The van der Waals surface area contributed by atoms with Crippen LogP contribution in [0.4, 0.5) is 5.69 Å². The van der Waals surface area contributed by atoms with Crippen LogP contribution in [0.1, 0.15) is 44.7 Å². The van der Waals surface area contributed by atoms with Gasteiger partial charge in [-0.1, -0.05) is 55.5 Å². The van der Waals surface area contributed by atoms with E-state index in [9.17, 15) is 9.59 Å². The van der Waals surface area contributed by atoms with Crippen molar-refractivity contribution < 1.29 is 14.3 Å². The Bertz CT molecular complexity index is 1200. The Kier molecular flexibility index (Phi) is 6.55. The van der Waals surface area contributed by atoms with Gasteiger partial charge in [-0.05, 0) is 41.3 Å². The Labute approximate surface area is 206 Å². The zero-order chi connectivity index (χ0) is 24.4. The third-order valence-electron chi connectivity index (χ3n) is 7.09. The predicted octanol–water partition coefficient (Wildman–Crippen LogP) is 4.42. The Morgan fingerprint density at radius 3 is 2.23 bits per heavy atom. The minimum Gasteiger partial charge on any atom is -0.497 e. The molecular weight excluding hydrogens is 438 g/mol. The molecule has 35 heavy (non-hydrogen) atoms. The molecule has 1 saturated heterocycles. The lowest BCUT2D eigenvalue weighted by molar-refractivity contribution is 0.0642. The summed E-state index contributed by atoms with van der Waals surface area (Å²) in [5.41, 5.74) is 4.16. The second kappa shape index (κ2) is 9.92. The van der Waals surface area contributed by atoms with Gasteiger partial charge in [-0.3, -0.25) is 19.4 Å². The molecule has 0 N–H and O–H groups in total. The predicted molar refractivity (Wildman–Crippen MR) is 137 cm³/mol. The van der Waals surface area contributed by atoms with E-state index in [0.717, 1.165) is 49.7 Å². The summed E-state index contributed by atoms with van der Waals surface area (Å²) in [5, 5.41) is 0. The highest BCUT2D eigenvalue weighted by atomic mass is 16.5. The molecule has 180 valence electrons. The van der Waals surface area contributed by atoms with Gasteiger partial charge in [0.05, 0.1) is 30.5 Å². The number of ether oxygens (including phenoxy) is 1. The fourth-order valence-electron chi connectivity index (χ4n) is 5.08. The maximum Gasteiger partial charge on any atom is 0.263 e. The van der Waals surface area contributed by atoms with E-state index >= 15 is 0 Å². The number of nitrogens with zero attached hydrogens (tertiary/aromatic N) is 3. The molecule has 0 saturated carbocycles. The standard InChI is InChI=1S/C29H31N3O3/c1-21(23-7-4-3-5-8-23)19-30-15-17-31(18-16-30)26-10-6-9-25-27(26)29(34)32(28(25)33)20-22-11-13-24(35-2)14-12-22/h3-14,21H,15-20H2,1-2H3. The lowest BCUT2D eigenvalue weighted by Crippen LogP contribution is -2.47. The molecule has 6 heteroatoms. The van der Waals surface area contributed by atoms with Crippen molar-refractivity contribution in [3.8, 4) is 5.75 Å². The molecule has 0 aromatic heterocycles. The fourth-order valence-corrected chi connectivity index (χ4v) is 5.08. The number of anilines is 1. The smallest absolute Gasteiger partial charge is 0.263 e. The highest BCUT2D eigenvalue weighted by Crippen LogP contribution is 2.33. The van der Waals surface area contributed by atoms with Crippen molar-refractivity contribution in [2.75, 3.05) is 44.7 Å². The third kappa shape index (κ3) is 4.66. The average Bonchev–Trinajstić information content (AvgIpc) is 3.15. The van der Waals surface area contributed by atoms with Crippen LogP contribution in [0, 0.1) is 0 Å². The van der Waals surface area contributed by atoms with E-state index in [1.54, 1.807) is 13.2 Å². The van der Waals surface area contributed by atoms with Gasteiger partial charge in [0.1, 0.15) is 5.75 Å². The maximum atomic E-state index is 13.4. The van der Waals surface area contributed by atoms with Gasteiger partial charge < -0.3 is 9.64 Å². The molecule has 3 aromatic carbocycles. The van der Waals surface area contributed by atoms with Gasteiger partial charge in [-0.15, -0.1) is 0 Å². The fraction of sp³-hybridized carbons (Fsp3) is 0.310. The number of rotatable bonds is 7. The molecule has 1 fully saturated rings. The van der Waals surface area contributed by atoms with Crippen LogP contribution < -0.4 is 9.64 Å². The van der Waals surface area contributed by atoms with Crippen LogP contribution in [0.3, 0.4) is 0 Å². The Balaban J connectivity index is 1.27. The number of amides is 2. The quantitative estimate of drug-likeness (QED) is 0.480. The topological polar surface area (TPSA) is 53.1 Å². The van der Waals surface area contributed by atoms with E-state index < -0.39 is 0 Å². The van der Waals surface area contributed by atoms with Crippen LogP contribution in [-0.2, 0) is 6.54 Å². The molecule has 1 atom stereocenters. The van der Waals surface area contributed by atoms with Crippen LogP contribution >= 0.6 is 0 Å². The SMILES string of the molecule is COc1ccc(CN2C(=O)c3cccc(N4CCN(CC(C)c5ccccc5)CC4)c3C2=O)cc1. The molecule has 6 nitrogen and oxygen atoms in total. The largest absolute Gasteiger partial charge is 0.497 e. The number of benzene rings is 3. The van der Waals surface area contributed by atoms with Gasteiger partial charge in [0.2, 0.25) is 0 Å². The van der Waals surface area contributed by atoms with E-state index in [0.29, 0.717) is 17.0 Å². The van der Waals surface area contributed by atoms with E-state index in [2.05, 4.69) is 47.1 Å². The highest BCUT2D eigenvalue weighted by Gasteiger charge is 2.38. The molecule has 0 radical (unpaired) electrons. The third-order valence-corrected chi connectivity index (χ3v) is 7.09. The molecule has 5 rings (SSSR count). The molecule has 2 amide bonds. The number of fused-ring (bicyclic) bond motifs is 1.